The van der Waals surface area contributed by atoms with Crippen LogP contribution in [0.1, 0.15) is 26.2 Å². The Labute approximate surface area is 71.6 Å². The largest absolute Gasteiger partial charge is 0.464 e. The molecule has 0 aliphatic carbocycles. The number of esters is 1. The molecule has 0 aromatic carbocycles. The minimum Gasteiger partial charge on any atom is -0.464 e. The van der Waals surface area contributed by atoms with Crippen LogP contribution in [0.2, 0.25) is 0 Å². The Morgan fingerprint density at radius 3 is 2.92 bits per heavy atom. The second-order valence-corrected chi connectivity index (χ2v) is 2.30. The fourth-order valence-electron chi connectivity index (χ4n) is 0.644. The van der Waals surface area contributed by atoms with Crippen molar-refractivity contribution in [1.29, 1.82) is 0 Å². The van der Waals surface area contributed by atoms with Crippen molar-refractivity contribution < 1.29 is 14.3 Å². The molecule has 0 aromatic heterocycles. The molecule has 0 unspecified atom stereocenters. The molecule has 0 spiro atoms. The van der Waals surface area contributed by atoms with Crippen LogP contribution in [-0.4, -0.2) is 25.2 Å². The Bertz CT molecular complexity index is 173. The van der Waals surface area contributed by atoms with E-state index in [2.05, 4.69) is 4.99 Å². The van der Waals surface area contributed by atoms with Crippen molar-refractivity contribution in [2.24, 2.45) is 4.99 Å². The highest BCUT2D eigenvalue weighted by atomic mass is 16.5. The van der Waals surface area contributed by atoms with Crippen LogP contribution in [0.3, 0.4) is 0 Å². The third kappa shape index (κ3) is 6.96. The van der Waals surface area contributed by atoms with Gasteiger partial charge in [-0.05, 0) is 6.42 Å². The second-order valence-electron chi connectivity index (χ2n) is 2.30. The van der Waals surface area contributed by atoms with Gasteiger partial charge in [-0.15, -0.1) is 0 Å². The lowest BCUT2D eigenvalue weighted by Gasteiger charge is -2.00. The Hall–Kier alpha value is -1.15. The number of isocyanates is 1. The summed E-state index contributed by atoms with van der Waals surface area (Å²) in [4.78, 5) is 23.6. The van der Waals surface area contributed by atoms with E-state index in [0.717, 1.165) is 12.8 Å². The summed E-state index contributed by atoms with van der Waals surface area (Å²) >= 11 is 0. The number of hydrogen-bond donors (Lipinski definition) is 0. The van der Waals surface area contributed by atoms with Crippen LogP contribution >= 0.6 is 0 Å². The van der Waals surface area contributed by atoms with Gasteiger partial charge in [0.15, 0.2) is 0 Å². The van der Waals surface area contributed by atoms with E-state index >= 15 is 0 Å². The van der Waals surface area contributed by atoms with Crippen molar-refractivity contribution >= 4 is 12.0 Å². The average Bonchev–Trinajstić information content (AvgIpc) is 2.09. The zero-order chi connectivity index (χ0) is 9.23. The van der Waals surface area contributed by atoms with E-state index in [4.69, 9.17) is 4.74 Å². The summed E-state index contributed by atoms with van der Waals surface area (Å²) in [6.45, 7) is 2.39. The lowest BCUT2D eigenvalue weighted by atomic mass is 10.2. The molecule has 0 aliphatic heterocycles. The molecule has 0 aromatic rings. The SMILES string of the molecule is CCCCC(=O)OCCN=C=O. The van der Waals surface area contributed by atoms with Crippen LogP contribution < -0.4 is 0 Å². The molecule has 0 heterocycles. The van der Waals surface area contributed by atoms with Crippen LogP contribution in [0.5, 0.6) is 0 Å². The first-order valence-electron chi connectivity index (χ1n) is 4.00. The van der Waals surface area contributed by atoms with Gasteiger partial charge in [0.25, 0.3) is 0 Å². The third-order valence-electron chi connectivity index (χ3n) is 1.27. The van der Waals surface area contributed by atoms with Gasteiger partial charge in [0.1, 0.15) is 6.61 Å². The van der Waals surface area contributed by atoms with Crippen molar-refractivity contribution in [2.75, 3.05) is 13.2 Å². The third-order valence-corrected chi connectivity index (χ3v) is 1.27. The highest BCUT2D eigenvalue weighted by Crippen LogP contribution is 1.95. The highest BCUT2D eigenvalue weighted by Gasteiger charge is 1.99. The molecule has 0 amide bonds. The van der Waals surface area contributed by atoms with E-state index in [0.29, 0.717) is 6.42 Å². The predicted octanol–water partition coefficient (Wildman–Crippen LogP) is 1.06. The fourth-order valence-corrected chi connectivity index (χ4v) is 0.644. The molecule has 4 nitrogen and oxygen atoms in total. The Kier molecular flexibility index (Phi) is 7.19. The number of carbonyl (C=O) groups is 1. The van der Waals surface area contributed by atoms with Gasteiger partial charge in [-0.3, -0.25) is 4.79 Å². The van der Waals surface area contributed by atoms with Crippen molar-refractivity contribution in [3.05, 3.63) is 0 Å². The minimum absolute atomic E-state index is 0.178. The van der Waals surface area contributed by atoms with E-state index in [1.165, 1.54) is 6.08 Å². The lowest BCUT2D eigenvalue weighted by Crippen LogP contribution is -2.07. The van der Waals surface area contributed by atoms with E-state index < -0.39 is 0 Å². The molecule has 0 saturated heterocycles. The zero-order valence-electron chi connectivity index (χ0n) is 7.21. The number of carbonyl (C=O) groups excluding carboxylic acids is 2. The van der Waals surface area contributed by atoms with E-state index in [1.807, 2.05) is 6.92 Å². The molecule has 0 saturated carbocycles. The quantitative estimate of drug-likeness (QED) is 0.260. The number of unbranched alkanes of at least 4 members (excludes halogenated alkanes) is 1. The van der Waals surface area contributed by atoms with Crippen molar-refractivity contribution in [3.63, 3.8) is 0 Å². The molecular formula is C8H13NO3. The standard InChI is InChI=1S/C8H13NO3/c1-2-3-4-8(11)12-6-5-9-7-10/h2-6H2,1H3. The zero-order valence-corrected chi connectivity index (χ0v) is 7.21. The van der Waals surface area contributed by atoms with Crippen LogP contribution in [0.25, 0.3) is 0 Å². The number of nitrogens with zero attached hydrogens (tertiary/aromatic N) is 1. The summed E-state index contributed by atoms with van der Waals surface area (Å²) in [5, 5.41) is 0. The van der Waals surface area contributed by atoms with Gasteiger partial charge in [0.05, 0.1) is 6.54 Å². The van der Waals surface area contributed by atoms with Crippen LogP contribution in [0.4, 0.5) is 0 Å². The molecule has 0 bridgehead atoms. The van der Waals surface area contributed by atoms with Gasteiger partial charge in [-0.25, -0.2) is 9.79 Å². The molecule has 0 N–H and O–H groups in total. The number of rotatable bonds is 6. The maximum absolute atomic E-state index is 10.8. The van der Waals surface area contributed by atoms with Crippen molar-refractivity contribution in [2.45, 2.75) is 26.2 Å². The molecule has 0 rings (SSSR count). The average molecular weight is 171 g/mol. The normalized spacial score (nSPS) is 8.75. The Balaban J connectivity index is 3.25. The monoisotopic (exact) mass is 171 g/mol. The van der Waals surface area contributed by atoms with E-state index in [-0.39, 0.29) is 19.1 Å². The number of ether oxygens (including phenoxy) is 1. The van der Waals surface area contributed by atoms with Gasteiger partial charge in [0, 0.05) is 6.42 Å². The summed E-state index contributed by atoms with van der Waals surface area (Å²) in [5.41, 5.74) is 0. The summed E-state index contributed by atoms with van der Waals surface area (Å²) in [6, 6.07) is 0. The maximum Gasteiger partial charge on any atom is 0.305 e. The van der Waals surface area contributed by atoms with Gasteiger partial charge in [-0.2, -0.15) is 0 Å². The van der Waals surface area contributed by atoms with Crippen molar-refractivity contribution in [1.82, 2.24) is 0 Å². The van der Waals surface area contributed by atoms with Crippen LogP contribution in [-0.2, 0) is 14.3 Å². The molecule has 12 heavy (non-hydrogen) atoms. The molecule has 0 fully saturated rings. The second kappa shape index (κ2) is 7.95. The number of aliphatic imine (C=N–C) groups is 1. The number of hydrogen-bond acceptors (Lipinski definition) is 4. The topological polar surface area (TPSA) is 55.7 Å². The van der Waals surface area contributed by atoms with Gasteiger partial charge >= 0.3 is 5.97 Å². The molecule has 0 aliphatic rings. The van der Waals surface area contributed by atoms with Crippen LogP contribution in [0.15, 0.2) is 4.99 Å². The highest BCUT2D eigenvalue weighted by molar-refractivity contribution is 5.69. The summed E-state index contributed by atoms with van der Waals surface area (Å²) in [6.07, 6.45) is 3.63. The smallest absolute Gasteiger partial charge is 0.305 e. The maximum atomic E-state index is 10.8. The Morgan fingerprint density at radius 1 is 1.58 bits per heavy atom. The predicted molar refractivity (Wildman–Crippen MR) is 43.5 cm³/mol. The van der Waals surface area contributed by atoms with Gasteiger partial charge < -0.3 is 4.74 Å². The minimum atomic E-state index is -0.224. The first-order chi connectivity index (χ1) is 5.81. The summed E-state index contributed by atoms with van der Waals surface area (Å²) in [7, 11) is 0. The first kappa shape index (κ1) is 10.8. The van der Waals surface area contributed by atoms with Gasteiger partial charge in [-0.1, -0.05) is 13.3 Å². The van der Waals surface area contributed by atoms with E-state index in [1.54, 1.807) is 0 Å². The molecule has 68 valence electrons. The summed E-state index contributed by atoms with van der Waals surface area (Å²) < 4.78 is 4.73. The first-order valence-corrected chi connectivity index (χ1v) is 4.00. The lowest BCUT2D eigenvalue weighted by molar-refractivity contribution is -0.143. The fraction of sp³-hybridized carbons (Fsp3) is 0.750. The molecular weight excluding hydrogens is 158 g/mol. The molecule has 0 radical (unpaired) electrons. The molecule has 0 atom stereocenters. The van der Waals surface area contributed by atoms with Crippen molar-refractivity contribution in [3.8, 4) is 0 Å². The Morgan fingerprint density at radius 2 is 2.33 bits per heavy atom. The van der Waals surface area contributed by atoms with Gasteiger partial charge in [0.2, 0.25) is 6.08 Å². The van der Waals surface area contributed by atoms with E-state index in [9.17, 15) is 9.59 Å². The summed E-state index contributed by atoms with van der Waals surface area (Å²) in [5.74, 6) is -0.224. The van der Waals surface area contributed by atoms with Crippen LogP contribution in [0, 0.1) is 0 Å². The molecule has 4 heteroatoms.